The van der Waals surface area contributed by atoms with E-state index in [1.54, 1.807) is 13.1 Å². The first-order chi connectivity index (χ1) is 10.7. The molecule has 0 heterocycles. The number of hydrogen-bond donors (Lipinski definition) is 2. The van der Waals surface area contributed by atoms with Crippen LogP contribution in [0.1, 0.15) is 22.3 Å². The van der Waals surface area contributed by atoms with Gasteiger partial charge in [-0.1, -0.05) is 42.0 Å². The fourth-order valence-corrected chi connectivity index (χ4v) is 2.05. The van der Waals surface area contributed by atoms with Crippen LogP contribution in [-0.4, -0.2) is 13.0 Å². The Hall–Kier alpha value is -2.07. The molecule has 0 unspecified atom stereocenters. The Morgan fingerprint density at radius 2 is 1.70 bits per heavy atom. The van der Waals surface area contributed by atoms with E-state index in [0.29, 0.717) is 12.1 Å². The minimum absolute atomic E-state index is 0. The summed E-state index contributed by atoms with van der Waals surface area (Å²) >= 11 is 0. The summed E-state index contributed by atoms with van der Waals surface area (Å²) in [5.74, 6) is 0.739. The summed E-state index contributed by atoms with van der Waals surface area (Å²) in [6.45, 7) is 3.42. The van der Waals surface area contributed by atoms with E-state index in [2.05, 4.69) is 52.9 Å². The maximum absolute atomic E-state index is 8.91. The number of aryl methyl sites for hydroxylation is 1. The third-order valence-corrected chi connectivity index (χ3v) is 3.32. The van der Waals surface area contributed by atoms with Crippen LogP contribution in [0.25, 0.3) is 0 Å². The van der Waals surface area contributed by atoms with Crippen molar-refractivity contribution in [2.45, 2.75) is 20.0 Å². The number of nitrogens with zero attached hydrogens (tertiary/aromatic N) is 2. The largest absolute Gasteiger partial charge is 0.352 e. The maximum Gasteiger partial charge on any atom is 0.191 e. The van der Waals surface area contributed by atoms with Crippen LogP contribution in [0.15, 0.2) is 53.5 Å². The second-order valence-corrected chi connectivity index (χ2v) is 5.08. The van der Waals surface area contributed by atoms with Gasteiger partial charge in [0.15, 0.2) is 5.96 Å². The quantitative estimate of drug-likeness (QED) is 0.453. The van der Waals surface area contributed by atoms with Crippen molar-refractivity contribution in [3.63, 3.8) is 0 Å². The highest BCUT2D eigenvalue weighted by atomic mass is 127. The average molecular weight is 420 g/mol. The molecule has 4 nitrogen and oxygen atoms in total. The van der Waals surface area contributed by atoms with Gasteiger partial charge in [-0.15, -0.1) is 24.0 Å². The Morgan fingerprint density at radius 1 is 1.04 bits per heavy atom. The molecule has 0 atom stereocenters. The van der Waals surface area contributed by atoms with Gasteiger partial charge in [0.1, 0.15) is 0 Å². The number of benzene rings is 2. The molecule has 5 heteroatoms. The molecule has 0 radical (unpaired) electrons. The lowest BCUT2D eigenvalue weighted by Gasteiger charge is -2.12. The predicted octanol–water partition coefficient (Wildman–Crippen LogP) is 3.35. The van der Waals surface area contributed by atoms with E-state index in [0.717, 1.165) is 18.1 Å². The molecule has 0 bridgehead atoms. The molecular formula is C18H21IN4. The van der Waals surface area contributed by atoms with Gasteiger partial charge in [-0.2, -0.15) is 5.26 Å². The molecule has 2 aromatic carbocycles. The first-order valence-corrected chi connectivity index (χ1v) is 7.20. The molecule has 2 N–H and O–H groups in total. The highest BCUT2D eigenvalue weighted by Gasteiger charge is 2.00. The summed E-state index contributed by atoms with van der Waals surface area (Å²) in [6, 6.07) is 18.1. The van der Waals surface area contributed by atoms with Crippen LogP contribution in [0.5, 0.6) is 0 Å². The van der Waals surface area contributed by atoms with E-state index in [1.807, 2.05) is 18.2 Å². The highest BCUT2D eigenvalue weighted by Crippen LogP contribution is 2.04. The van der Waals surface area contributed by atoms with Gasteiger partial charge in [0.05, 0.1) is 11.6 Å². The highest BCUT2D eigenvalue weighted by molar-refractivity contribution is 14.0. The van der Waals surface area contributed by atoms with Crippen LogP contribution in [-0.2, 0) is 13.1 Å². The Bertz CT molecular complexity index is 687. The minimum atomic E-state index is 0. The molecule has 0 saturated heterocycles. The summed E-state index contributed by atoms with van der Waals surface area (Å²) in [5, 5.41) is 15.4. The van der Waals surface area contributed by atoms with Crippen LogP contribution in [0, 0.1) is 18.3 Å². The third kappa shape index (κ3) is 6.28. The van der Waals surface area contributed by atoms with Crippen LogP contribution in [0.4, 0.5) is 0 Å². The lowest BCUT2D eigenvalue weighted by atomic mass is 10.1. The van der Waals surface area contributed by atoms with Gasteiger partial charge < -0.3 is 10.6 Å². The summed E-state index contributed by atoms with van der Waals surface area (Å²) < 4.78 is 0. The average Bonchev–Trinajstić information content (AvgIpc) is 2.57. The van der Waals surface area contributed by atoms with Gasteiger partial charge in [0.2, 0.25) is 0 Å². The van der Waals surface area contributed by atoms with Crippen LogP contribution in [0.2, 0.25) is 0 Å². The van der Waals surface area contributed by atoms with Crippen molar-refractivity contribution in [1.82, 2.24) is 10.6 Å². The predicted molar refractivity (Wildman–Crippen MR) is 105 cm³/mol. The van der Waals surface area contributed by atoms with E-state index in [-0.39, 0.29) is 24.0 Å². The van der Waals surface area contributed by atoms with Crippen molar-refractivity contribution < 1.29 is 0 Å². The van der Waals surface area contributed by atoms with Crippen molar-refractivity contribution in [1.29, 1.82) is 5.26 Å². The zero-order chi connectivity index (χ0) is 15.8. The topological polar surface area (TPSA) is 60.2 Å². The summed E-state index contributed by atoms with van der Waals surface area (Å²) in [4.78, 5) is 4.21. The van der Waals surface area contributed by atoms with E-state index in [4.69, 9.17) is 5.26 Å². The molecule has 2 aromatic rings. The molecular weight excluding hydrogens is 399 g/mol. The van der Waals surface area contributed by atoms with Gasteiger partial charge in [0.25, 0.3) is 0 Å². The van der Waals surface area contributed by atoms with Gasteiger partial charge in [-0.25, -0.2) is 0 Å². The zero-order valence-electron chi connectivity index (χ0n) is 13.3. The molecule has 23 heavy (non-hydrogen) atoms. The molecule has 0 aliphatic heterocycles. The van der Waals surface area contributed by atoms with E-state index < -0.39 is 0 Å². The summed E-state index contributed by atoms with van der Waals surface area (Å²) in [5.41, 5.74) is 4.18. The Kier molecular flexibility index (Phi) is 8.13. The molecule has 0 spiro atoms. The van der Waals surface area contributed by atoms with E-state index in [9.17, 15) is 0 Å². The smallest absolute Gasteiger partial charge is 0.191 e. The Morgan fingerprint density at radius 3 is 2.30 bits per heavy atom. The van der Waals surface area contributed by atoms with Crippen molar-refractivity contribution in [3.8, 4) is 6.07 Å². The standard InChI is InChI=1S/C18H20N4.HI/c1-14-6-8-15(9-7-14)12-21-18(20-2)22-13-17-5-3-4-16(10-17)11-19;/h3-10H,12-13H2,1-2H3,(H2,20,21,22);1H. The number of hydrogen-bond acceptors (Lipinski definition) is 2. The van der Waals surface area contributed by atoms with Crippen molar-refractivity contribution >= 4 is 29.9 Å². The number of nitriles is 1. The minimum Gasteiger partial charge on any atom is -0.352 e. The third-order valence-electron chi connectivity index (χ3n) is 3.32. The Balaban J connectivity index is 0.00000264. The molecule has 0 aromatic heterocycles. The number of aliphatic imine (C=N–C) groups is 1. The molecule has 0 saturated carbocycles. The fraction of sp³-hybridized carbons (Fsp3) is 0.222. The second kappa shape index (κ2) is 9.85. The van der Waals surface area contributed by atoms with E-state index in [1.165, 1.54) is 11.1 Å². The first kappa shape index (κ1) is 19.0. The normalized spacial score (nSPS) is 10.4. The molecule has 0 aliphatic rings. The molecule has 0 fully saturated rings. The van der Waals surface area contributed by atoms with Gasteiger partial charge in [0, 0.05) is 20.1 Å². The van der Waals surface area contributed by atoms with Crippen molar-refractivity contribution in [2.75, 3.05) is 7.05 Å². The summed E-state index contributed by atoms with van der Waals surface area (Å²) in [7, 11) is 1.75. The summed E-state index contributed by atoms with van der Waals surface area (Å²) in [6.07, 6.45) is 0. The van der Waals surface area contributed by atoms with E-state index >= 15 is 0 Å². The number of rotatable bonds is 4. The second-order valence-electron chi connectivity index (χ2n) is 5.08. The molecule has 0 amide bonds. The molecule has 120 valence electrons. The van der Waals surface area contributed by atoms with Crippen LogP contribution >= 0.6 is 24.0 Å². The lowest BCUT2D eigenvalue weighted by molar-refractivity contribution is 0.809. The van der Waals surface area contributed by atoms with Gasteiger partial charge in [-0.05, 0) is 30.2 Å². The number of guanidine groups is 1. The Labute approximate surface area is 154 Å². The number of halogens is 1. The van der Waals surface area contributed by atoms with Crippen LogP contribution < -0.4 is 10.6 Å². The maximum atomic E-state index is 8.91. The SMILES string of the molecule is CN=C(NCc1ccc(C)cc1)NCc1cccc(C#N)c1.I. The lowest BCUT2D eigenvalue weighted by Crippen LogP contribution is -2.36. The monoisotopic (exact) mass is 420 g/mol. The van der Waals surface area contributed by atoms with Gasteiger partial charge >= 0.3 is 0 Å². The zero-order valence-corrected chi connectivity index (χ0v) is 15.7. The van der Waals surface area contributed by atoms with Gasteiger partial charge in [-0.3, -0.25) is 4.99 Å². The van der Waals surface area contributed by atoms with Crippen molar-refractivity contribution in [3.05, 3.63) is 70.8 Å². The first-order valence-electron chi connectivity index (χ1n) is 7.20. The molecule has 2 rings (SSSR count). The molecule has 0 aliphatic carbocycles. The number of nitrogens with one attached hydrogen (secondary N) is 2. The van der Waals surface area contributed by atoms with Crippen LogP contribution in [0.3, 0.4) is 0 Å². The van der Waals surface area contributed by atoms with Crippen molar-refractivity contribution in [2.24, 2.45) is 4.99 Å². The fourth-order valence-electron chi connectivity index (χ4n) is 2.05.